The van der Waals surface area contributed by atoms with Crippen molar-refractivity contribution in [2.24, 2.45) is 0 Å². The van der Waals surface area contributed by atoms with Gasteiger partial charge in [-0.15, -0.1) is 0 Å². The number of rotatable bonds is 5. The summed E-state index contributed by atoms with van der Waals surface area (Å²) in [7, 11) is 0. The maximum atomic E-state index is 14.5. The van der Waals surface area contributed by atoms with Crippen molar-refractivity contribution in [3.8, 4) is 11.3 Å². The summed E-state index contributed by atoms with van der Waals surface area (Å²) in [5, 5.41) is 12.4. The molecule has 4 rings (SSSR count). The molecule has 3 aromatic rings. The number of nitrogens with one attached hydrogen (secondary N) is 1. The number of aromatic nitrogens is 2. The van der Waals surface area contributed by atoms with E-state index in [9.17, 15) is 32.3 Å². The lowest BCUT2D eigenvalue weighted by Crippen LogP contribution is -2.29. The third-order valence-electron chi connectivity index (χ3n) is 5.86. The van der Waals surface area contributed by atoms with Crippen molar-refractivity contribution in [3.05, 3.63) is 76.5 Å². The monoisotopic (exact) mass is 473 g/mol. The number of carbonyl (C=O) groups is 2. The van der Waals surface area contributed by atoms with Gasteiger partial charge in [-0.3, -0.25) is 14.8 Å². The standard InChI is InChI=1S/C24H19F4N3O3/c1-12-7-15(9-16(21(32)33)20(12)19-11-29-13(2)10-30-19)31-22(34)23(5-6-23)17-4-3-14(8-18(17)25)24(26,27)28/h3-4,7-11H,5-6H2,1-2H3,(H,31,34)(H,32,33). The topological polar surface area (TPSA) is 92.2 Å². The van der Waals surface area contributed by atoms with E-state index < -0.39 is 34.8 Å². The normalized spacial score (nSPS) is 14.5. The Labute approximate surface area is 191 Å². The SMILES string of the molecule is Cc1cnc(-c2c(C)cc(NC(=O)C3(c4ccc(C(F)(F)F)cc4F)CC3)cc2C(=O)O)cn1. The van der Waals surface area contributed by atoms with Crippen LogP contribution < -0.4 is 5.32 Å². The number of carboxylic acids is 1. The summed E-state index contributed by atoms with van der Waals surface area (Å²) in [5.74, 6) is -2.98. The molecule has 34 heavy (non-hydrogen) atoms. The minimum Gasteiger partial charge on any atom is -0.478 e. The molecule has 1 aliphatic rings. The van der Waals surface area contributed by atoms with E-state index >= 15 is 0 Å². The van der Waals surface area contributed by atoms with Gasteiger partial charge in [0.05, 0.1) is 34.1 Å². The molecule has 6 nitrogen and oxygen atoms in total. The summed E-state index contributed by atoms with van der Waals surface area (Å²) >= 11 is 0. The first-order valence-electron chi connectivity index (χ1n) is 10.3. The Morgan fingerprint density at radius 2 is 1.76 bits per heavy atom. The molecule has 0 atom stereocenters. The number of anilines is 1. The van der Waals surface area contributed by atoms with Crippen molar-refractivity contribution in [2.45, 2.75) is 38.3 Å². The minimum absolute atomic E-state index is 0.112. The maximum absolute atomic E-state index is 14.5. The lowest BCUT2D eigenvalue weighted by molar-refractivity contribution is -0.137. The van der Waals surface area contributed by atoms with Crippen molar-refractivity contribution >= 4 is 17.6 Å². The predicted molar refractivity (Wildman–Crippen MR) is 115 cm³/mol. The Balaban J connectivity index is 1.66. The first kappa shape index (κ1) is 23.3. The van der Waals surface area contributed by atoms with Gasteiger partial charge in [-0.1, -0.05) is 6.07 Å². The summed E-state index contributed by atoms with van der Waals surface area (Å²) < 4.78 is 53.2. The second-order valence-corrected chi connectivity index (χ2v) is 8.29. The van der Waals surface area contributed by atoms with Crippen molar-refractivity contribution in [2.75, 3.05) is 5.32 Å². The molecule has 0 bridgehead atoms. The number of carboxylic acid groups (broad SMARTS) is 1. The molecule has 0 unspecified atom stereocenters. The van der Waals surface area contributed by atoms with Gasteiger partial charge in [0.2, 0.25) is 5.91 Å². The zero-order valence-corrected chi connectivity index (χ0v) is 18.1. The number of hydrogen-bond acceptors (Lipinski definition) is 4. The Bertz CT molecular complexity index is 1300. The fourth-order valence-electron chi connectivity index (χ4n) is 3.96. The van der Waals surface area contributed by atoms with Crippen LogP contribution in [-0.2, 0) is 16.4 Å². The van der Waals surface area contributed by atoms with Gasteiger partial charge >= 0.3 is 12.1 Å². The zero-order chi connectivity index (χ0) is 24.8. The number of nitrogens with zero attached hydrogens (tertiary/aromatic N) is 2. The molecule has 0 radical (unpaired) electrons. The molecule has 176 valence electrons. The highest BCUT2D eigenvalue weighted by Crippen LogP contribution is 2.50. The number of halogens is 4. The number of aryl methyl sites for hydroxylation is 2. The fraction of sp³-hybridized carbons (Fsp3) is 0.250. The first-order valence-corrected chi connectivity index (χ1v) is 10.3. The maximum Gasteiger partial charge on any atom is 0.416 e. The number of aromatic carboxylic acids is 1. The molecule has 0 saturated heterocycles. The smallest absolute Gasteiger partial charge is 0.416 e. The molecular formula is C24H19F4N3O3. The molecule has 0 spiro atoms. The van der Waals surface area contributed by atoms with Crippen molar-refractivity contribution in [1.82, 2.24) is 9.97 Å². The molecule has 1 saturated carbocycles. The molecule has 1 aliphatic carbocycles. The van der Waals surface area contributed by atoms with E-state index in [1.807, 2.05) is 0 Å². The van der Waals surface area contributed by atoms with Crippen LogP contribution in [-0.4, -0.2) is 27.0 Å². The van der Waals surface area contributed by atoms with Crippen LogP contribution >= 0.6 is 0 Å². The summed E-state index contributed by atoms with van der Waals surface area (Å²) in [6, 6.07) is 4.93. The Kier molecular flexibility index (Phi) is 5.63. The second kappa shape index (κ2) is 8.19. The first-order chi connectivity index (χ1) is 15.9. The summed E-state index contributed by atoms with van der Waals surface area (Å²) in [4.78, 5) is 33.4. The van der Waals surface area contributed by atoms with Gasteiger partial charge in [-0.2, -0.15) is 13.2 Å². The van der Waals surface area contributed by atoms with E-state index in [-0.39, 0.29) is 29.7 Å². The predicted octanol–water partition coefficient (Wildman–Crippen LogP) is 5.29. The zero-order valence-electron chi connectivity index (χ0n) is 18.1. The van der Waals surface area contributed by atoms with Gasteiger partial charge in [0, 0.05) is 23.0 Å². The van der Waals surface area contributed by atoms with E-state index in [0.717, 1.165) is 12.1 Å². The lowest BCUT2D eigenvalue weighted by Gasteiger charge is -2.19. The second-order valence-electron chi connectivity index (χ2n) is 8.29. The van der Waals surface area contributed by atoms with Gasteiger partial charge in [-0.25, -0.2) is 9.18 Å². The van der Waals surface area contributed by atoms with Crippen molar-refractivity contribution in [1.29, 1.82) is 0 Å². The molecule has 1 amide bonds. The van der Waals surface area contributed by atoms with Crippen molar-refractivity contribution < 1.29 is 32.3 Å². The minimum atomic E-state index is -4.70. The van der Waals surface area contributed by atoms with Crippen LogP contribution in [0, 0.1) is 19.7 Å². The van der Waals surface area contributed by atoms with E-state index in [1.54, 1.807) is 19.9 Å². The van der Waals surface area contributed by atoms with Crippen LogP contribution in [0.3, 0.4) is 0 Å². The molecule has 1 fully saturated rings. The Morgan fingerprint density at radius 3 is 2.29 bits per heavy atom. The lowest BCUT2D eigenvalue weighted by atomic mass is 9.92. The van der Waals surface area contributed by atoms with Crippen LogP contribution in [0.2, 0.25) is 0 Å². The van der Waals surface area contributed by atoms with Gasteiger partial charge in [0.1, 0.15) is 5.82 Å². The number of amides is 1. The molecule has 0 aliphatic heterocycles. The molecule has 10 heteroatoms. The van der Waals surface area contributed by atoms with E-state index in [1.165, 1.54) is 18.5 Å². The summed E-state index contributed by atoms with van der Waals surface area (Å²) in [5.41, 5.74) is -0.655. The van der Waals surface area contributed by atoms with Crippen LogP contribution in [0.4, 0.5) is 23.2 Å². The fourth-order valence-corrected chi connectivity index (χ4v) is 3.96. The van der Waals surface area contributed by atoms with Crippen LogP contribution in [0.5, 0.6) is 0 Å². The summed E-state index contributed by atoms with van der Waals surface area (Å²) in [6.07, 6.45) is -1.24. The van der Waals surface area contributed by atoms with E-state index in [0.29, 0.717) is 28.6 Å². The van der Waals surface area contributed by atoms with E-state index in [4.69, 9.17) is 0 Å². The highest BCUT2D eigenvalue weighted by molar-refractivity contribution is 6.04. The summed E-state index contributed by atoms with van der Waals surface area (Å²) in [6.45, 7) is 3.40. The Hall–Kier alpha value is -3.82. The largest absolute Gasteiger partial charge is 0.478 e. The quantitative estimate of drug-likeness (QED) is 0.492. The van der Waals surface area contributed by atoms with Gasteiger partial charge < -0.3 is 10.4 Å². The van der Waals surface area contributed by atoms with Gasteiger partial charge in [0.15, 0.2) is 0 Å². The third-order valence-corrected chi connectivity index (χ3v) is 5.86. The Morgan fingerprint density at radius 1 is 1.06 bits per heavy atom. The molecular weight excluding hydrogens is 454 g/mol. The van der Waals surface area contributed by atoms with Gasteiger partial charge in [0.25, 0.3) is 0 Å². The molecule has 2 N–H and O–H groups in total. The number of hydrogen-bond donors (Lipinski definition) is 2. The number of alkyl halides is 3. The van der Waals surface area contributed by atoms with Crippen molar-refractivity contribution in [3.63, 3.8) is 0 Å². The average molecular weight is 473 g/mol. The average Bonchev–Trinajstić information content (AvgIpc) is 3.55. The number of carbonyl (C=O) groups excluding carboxylic acids is 1. The molecule has 1 aromatic heterocycles. The van der Waals surface area contributed by atoms with Gasteiger partial charge in [-0.05, 0) is 56.5 Å². The van der Waals surface area contributed by atoms with Crippen LogP contribution in [0.1, 0.15) is 45.6 Å². The van der Waals surface area contributed by atoms with Crippen LogP contribution in [0.25, 0.3) is 11.3 Å². The molecule has 2 aromatic carbocycles. The highest BCUT2D eigenvalue weighted by Gasteiger charge is 2.53. The highest BCUT2D eigenvalue weighted by atomic mass is 19.4. The molecule has 1 heterocycles. The third kappa shape index (κ3) is 4.23. The number of benzene rings is 2. The van der Waals surface area contributed by atoms with E-state index in [2.05, 4.69) is 15.3 Å². The van der Waals surface area contributed by atoms with Crippen LogP contribution in [0.15, 0.2) is 42.7 Å².